The van der Waals surface area contributed by atoms with Gasteiger partial charge in [0.2, 0.25) is 0 Å². The van der Waals surface area contributed by atoms with E-state index in [4.69, 9.17) is 9.47 Å². The number of halogens is 3. The van der Waals surface area contributed by atoms with Crippen molar-refractivity contribution in [3.63, 3.8) is 0 Å². The molecule has 0 aromatic heterocycles. The molecule has 1 heterocycles. The summed E-state index contributed by atoms with van der Waals surface area (Å²) in [5.41, 5.74) is -0.626. The Morgan fingerprint density at radius 2 is 2.12 bits per heavy atom. The second kappa shape index (κ2) is 5.00. The van der Waals surface area contributed by atoms with Crippen LogP contribution in [0.4, 0.5) is 12.9 Å². The van der Waals surface area contributed by atoms with Gasteiger partial charge in [0.25, 0.3) is 0 Å². The number of hydrogen-bond acceptors (Lipinski definition) is 2. The summed E-state index contributed by atoms with van der Waals surface area (Å²) in [5, 5.41) is 0. The zero-order valence-electron chi connectivity index (χ0n) is 9.24. The smallest absolute Gasteiger partial charge is 0.488 e. The van der Waals surface area contributed by atoms with Crippen LogP contribution in [0.25, 0.3) is 0 Å². The predicted molar refractivity (Wildman–Crippen MR) is 59.6 cm³/mol. The highest BCUT2D eigenvalue weighted by molar-refractivity contribution is 6.73. The highest BCUT2D eigenvalue weighted by Crippen LogP contribution is 2.18. The number of hydrogen-bond donors (Lipinski definition) is 0. The van der Waals surface area contributed by atoms with Crippen LogP contribution in [-0.4, -0.2) is 26.3 Å². The molecule has 0 aliphatic carbocycles. The van der Waals surface area contributed by atoms with Gasteiger partial charge in [-0.15, -0.1) is 5.46 Å². The highest BCUT2D eigenvalue weighted by atomic mass is 19.4. The molecule has 0 bridgehead atoms. The lowest BCUT2D eigenvalue weighted by atomic mass is 9.80. The first-order valence-electron chi connectivity index (χ1n) is 5.60. The normalized spacial score (nSPS) is 21.2. The molecule has 6 heteroatoms. The van der Waals surface area contributed by atoms with E-state index in [9.17, 15) is 12.9 Å². The molecule has 1 aromatic carbocycles. The summed E-state index contributed by atoms with van der Waals surface area (Å²) in [5.74, 6) is 0.261. The van der Waals surface area contributed by atoms with Crippen molar-refractivity contribution in [3.8, 4) is 5.75 Å². The molecule has 1 aliphatic rings. The van der Waals surface area contributed by atoms with E-state index in [0.29, 0.717) is 13.2 Å². The van der Waals surface area contributed by atoms with Crippen molar-refractivity contribution in [2.45, 2.75) is 18.9 Å². The fourth-order valence-electron chi connectivity index (χ4n) is 1.79. The first-order valence-corrected chi connectivity index (χ1v) is 5.60. The summed E-state index contributed by atoms with van der Waals surface area (Å²) >= 11 is 0. The van der Waals surface area contributed by atoms with Crippen LogP contribution in [0.2, 0.25) is 0 Å². The molecule has 1 atom stereocenters. The molecule has 1 unspecified atom stereocenters. The van der Waals surface area contributed by atoms with Gasteiger partial charge in [-0.25, -0.2) is 0 Å². The standard InChI is InChI=1S/C11H13BF3O2/c13-12(14,15)9-3-1-4-10(7-9)17-11-5-2-6-16-8-11/h1,3-4,7,11H,2,5-6,8H2/q-1. The van der Waals surface area contributed by atoms with Gasteiger partial charge in [-0.2, -0.15) is 0 Å². The third-order valence-corrected chi connectivity index (χ3v) is 2.66. The van der Waals surface area contributed by atoms with E-state index in [2.05, 4.69) is 0 Å². The Morgan fingerprint density at radius 3 is 2.76 bits per heavy atom. The quantitative estimate of drug-likeness (QED) is 0.760. The molecular weight excluding hydrogens is 232 g/mol. The van der Waals surface area contributed by atoms with E-state index in [1.165, 1.54) is 6.07 Å². The van der Waals surface area contributed by atoms with Gasteiger partial charge in [-0.1, -0.05) is 12.1 Å². The third-order valence-electron chi connectivity index (χ3n) is 2.66. The molecule has 2 rings (SSSR count). The third kappa shape index (κ3) is 3.39. The van der Waals surface area contributed by atoms with Gasteiger partial charge >= 0.3 is 6.98 Å². The molecule has 1 aromatic rings. The molecule has 1 aliphatic heterocycles. The van der Waals surface area contributed by atoms with Crippen LogP contribution >= 0.6 is 0 Å². The Kier molecular flexibility index (Phi) is 3.62. The molecule has 94 valence electrons. The van der Waals surface area contributed by atoms with Crippen LogP contribution in [0.1, 0.15) is 12.8 Å². The number of ether oxygens (including phenoxy) is 2. The first kappa shape index (κ1) is 12.3. The van der Waals surface area contributed by atoms with E-state index < -0.39 is 12.4 Å². The minimum absolute atomic E-state index is 0.139. The highest BCUT2D eigenvalue weighted by Gasteiger charge is 2.26. The molecule has 17 heavy (non-hydrogen) atoms. The summed E-state index contributed by atoms with van der Waals surface area (Å²) in [6.07, 6.45) is 1.56. The predicted octanol–water partition coefficient (Wildman–Crippen LogP) is 2.30. The first-order chi connectivity index (χ1) is 8.05. The number of rotatable bonds is 3. The van der Waals surface area contributed by atoms with Gasteiger partial charge < -0.3 is 22.4 Å². The van der Waals surface area contributed by atoms with Gasteiger partial charge in [-0.3, -0.25) is 0 Å². The molecule has 0 N–H and O–H groups in total. The van der Waals surface area contributed by atoms with Crippen molar-refractivity contribution < 1.29 is 22.4 Å². The topological polar surface area (TPSA) is 18.5 Å². The van der Waals surface area contributed by atoms with Crippen LogP contribution in [0.15, 0.2) is 24.3 Å². The van der Waals surface area contributed by atoms with Crippen LogP contribution in [0.5, 0.6) is 5.75 Å². The Bertz CT molecular complexity index is 375. The van der Waals surface area contributed by atoms with Crippen LogP contribution in [-0.2, 0) is 4.74 Å². The Labute approximate surface area is 97.8 Å². The van der Waals surface area contributed by atoms with E-state index in [0.717, 1.165) is 25.0 Å². The second-order valence-corrected chi connectivity index (χ2v) is 4.10. The molecule has 2 nitrogen and oxygen atoms in total. The van der Waals surface area contributed by atoms with E-state index >= 15 is 0 Å². The van der Waals surface area contributed by atoms with E-state index in [-0.39, 0.29) is 11.9 Å². The molecule has 0 radical (unpaired) electrons. The average molecular weight is 245 g/mol. The summed E-state index contributed by atoms with van der Waals surface area (Å²) < 4.78 is 48.3. The Balaban J connectivity index is 2.05. The largest absolute Gasteiger partial charge is 0.509 e. The van der Waals surface area contributed by atoms with Crippen LogP contribution < -0.4 is 10.2 Å². The van der Waals surface area contributed by atoms with Crippen LogP contribution in [0, 0.1) is 0 Å². The molecule has 0 spiro atoms. The molecule has 1 fully saturated rings. The average Bonchev–Trinajstić information content (AvgIpc) is 2.29. The molecule has 0 amide bonds. The van der Waals surface area contributed by atoms with E-state index in [1.54, 1.807) is 6.07 Å². The monoisotopic (exact) mass is 245 g/mol. The maximum absolute atomic E-state index is 12.5. The summed E-state index contributed by atoms with van der Waals surface area (Å²) in [4.78, 5) is 0. The fourth-order valence-corrected chi connectivity index (χ4v) is 1.79. The van der Waals surface area contributed by atoms with Gasteiger partial charge in [-0.05, 0) is 25.0 Å². The van der Waals surface area contributed by atoms with Crippen LogP contribution in [0.3, 0.4) is 0 Å². The van der Waals surface area contributed by atoms with Crippen molar-refractivity contribution in [2.75, 3.05) is 13.2 Å². The van der Waals surface area contributed by atoms with Gasteiger partial charge in [0, 0.05) is 6.61 Å². The SMILES string of the molecule is F[B-](F)(F)c1cccc(OC2CCCOC2)c1. The van der Waals surface area contributed by atoms with Crippen molar-refractivity contribution in [1.82, 2.24) is 0 Å². The summed E-state index contributed by atoms with van der Waals surface area (Å²) in [6.45, 7) is -3.82. The van der Waals surface area contributed by atoms with Crippen molar-refractivity contribution >= 4 is 12.4 Å². The molecule has 1 saturated heterocycles. The minimum atomic E-state index is -4.97. The van der Waals surface area contributed by atoms with Crippen molar-refractivity contribution in [2.24, 2.45) is 0 Å². The van der Waals surface area contributed by atoms with Crippen molar-refractivity contribution in [1.29, 1.82) is 0 Å². The molecular formula is C11H13BF3O2-. The fraction of sp³-hybridized carbons (Fsp3) is 0.455. The summed E-state index contributed by atoms with van der Waals surface area (Å²) in [7, 11) is 0. The van der Waals surface area contributed by atoms with E-state index in [1.807, 2.05) is 0 Å². The van der Waals surface area contributed by atoms with Gasteiger partial charge in [0.1, 0.15) is 11.9 Å². The lowest BCUT2D eigenvalue weighted by Gasteiger charge is -2.24. The Hall–Kier alpha value is -1.17. The zero-order chi connectivity index (χ0) is 12.3. The lowest BCUT2D eigenvalue weighted by molar-refractivity contribution is 0.00746. The van der Waals surface area contributed by atoms with Crippen molar-refractivity contribution in [3.05, 3.63) is 24.3 Å². The Morgan fingerprint density at radius 1 is 1.29 bits per heavy atom. The zero-order valence-corrected chi connectivity index (χ0v) is 9.24. The van der Waals surface area contributed by atoms with Gasteiger partial charge in [0.05, 0.1) is 6.61 Å². The molecule has 0 saturated carbocycles. The minimum Gasteiger partial charge on any atom is -0.488 e. The van der Waals surface area contributed by atoms with Gasteiger partial charge in [0.15, 0.2) is 0 Å². The maximum Gasteiger partial charge on any atom is 0.509 e. The number of benzene rings is 1. The summed E-state index contributed by atoms with van der Waals surface area (Å²) in [6, 6.07) is 5.02. The maximum atomic E-state index is 12.5. The second-order valence-electron chi connectivity index (χ2n) is 4.10. The lowest BCUT2D eigenvalue weighted by Crippen LogP contribution is -2.34.